The maximum absolute atomic E-state index is 11.9. The van der Waals surface area contributed by atoms with Crippen LogP contribution in [0.1, 0.15) is 19.4 Å². The number of halogens is 2. The van der Waals surface area contributed by atoms with Gasteiger partial charge in [-0.05, 0) is 23.6 Å². The van der Waals surface area contributed by atoms with Gasteiger partial charge >= 0.3 is 0 Å². The minimum absolute atomic E-state index is 0. The molecule has 2 aromatic rings. The smallest absolute Gasteiger partial charge is 0.241 e. The van der Waals surface area contributed by atoms with Gasteiger partial charge in [0.05, 0.1) is 12.6 Å². The first-order valence-electron chi connectivity index (χ1n) is 6.54. The van der Waals surface area contributed by atoms with E-state index in [0.717, 1.165) is 11.3 Å². The number of anilines is 1. The van der Waals surface area contributed by atoms with Crippen LogP contribution in [-0.2, 0) is 11.3 Å². The maximum Gasteiger partial charge on any atom is 0.241 e. The third-order valence-corrected chi connectivity index (χ3v) is 3.03. The zero-order chi connectivity index (χ0) is 14.5. The fourth-order valence-corrected chi connectivity index (χ4v) is 1.78. The molecular weight excluding hydrogens is 325 g/mol. The minimum Gasteiger partial charge on any atom is -0.325 e. The number of carbonyl (C=O) groups excluding carboxylic acids is 1. The lowest BCUT2D eigenvalue weighted by Gasteiger charge is -2.15. The highest BCUT2D eigenvalue weighted by atomic mass is 35.5. The van der Waals surface area contributed by atoms with Crippen molar-refractivity contribution in [3.63, 3.8) is 0 Å². The van der Waals surface area contributed by atoms with Gasteiger partial charge in [0, 0.05) is 5.69 Å². The highest BCUT2D eigenvalue weighted by molar-refractivity contribution is 5.94. The molecule has 1 aromatic heterocycles. The first kappa shape index (κ1) is 20.4. The van der Waals surface area contributed by atoms with Gasteiger partial charge in [-0.3, -0.25) is 4.79 Å². The van der Waals surface area contributed by atoms with E-state index < -0.39 is 6.04 Å². The molecule has 0 saturated carbocycles. The van der Waals surface area contributed by atoms with Gasteiger partial charge < -0.3 is 11.1 Å². The van der Waals surface area contributed by atoms with Gasteiger partial charge in [-0.15, -0.1) is 24.8 Å². The number of hydrogen-bond acceptors (Lipinski definition) is 4. The minimum atomic E-state index is -0.506. The standard InChI is InChI=1S/C14H19N5O.2ClH/c1-10(2)13(15)14(20)18-12-5-3-4-11(6-12)7-19-9-16-8-17-19;;/h3-6,8-10,13H,7,15H2,1-2H3,(H,18,20);2*1H/t13-;;/m0../s1. The van der Waals surface area contributed by atoms with Crippen molar-refractivity contribution >= 4 is 36.4 Å². The topological polar surface area (TPSA) is 85.8 Å². The van der Waals surface area contributed by atoms with Crippen LogP contribution in [0.15, 0.2) is 36.9 Å². The van der Waals surface area contributed by atoms with Crippen LogP contribution in [0.3, 0.4) is 0 Å². The van der Waals surface area contributed by atoms with Crippen molar-refractivity contribution in [1.29, 1.82) is 0 Å². The van der Waals surface area contributed by atoms with E-state index >= 15 is 0 Å². The summed E-state index contributed by atoms with van der Waals surface area (Å²) < 4.78 is 1.72. The van der Waals surface area contributed by atoms with Gasteiger partial charge in [0.25, 0.3) is 0 Å². The molecule has 0 saturated heterocycles. The number of nitrogens with zero attached hydrogens (tertiary/aromatic N) is 3. The summed E-state index contributed by atoms with van der Waals surface area (Å²) in [7, 11) is 0. The van der Waals surface area contributed by atoms with Gasteiger partial charge in [-0.1, -0.05) is 26.0 Å². The fourth-order valence-electron chi connectivity index (χ4n) is 1.78. The van der Waals surface area contributed by atoms with E-state index in [1.54, 1.807) is 11.0 Å². The number of amides is 1. The molecule has 1 aromatic carbocycles. The molecule has 6 nitrogen and oxygen atoms in total. The van der Waals surface area contributed by atoms with E-state index in [-0.39, 0.29) is 36.6 Å². The van der Waals surface area contributed by atoms with Gasteiger partial charge in [0.15, 0.2) is 0 Å². The first-order chi connectivity index (χ1) is 9.56. The van der Waals surface area contributed by atoms with E-state index in [4.69, 9.17) is 5.73 Å². The molecule has 8 heteroatoms. The Morgan fingerprint density at radius 3 is 2.68 bits per heavy atom. The summed E-state index contributed by atoms with van der Waals surface area (Å²) in [5.41, 5.74) is 7.59. The Bertz CT molecular complexity index is 574. The molecule has 3 N–H and O–H groups in total. The van der Waals surface area contributed by atoms with Crippen LogP contribution in [0.25, 0.3) is 0 Å². The molecule has 1 atom stereocenters. The van der Waals surface area contributed by atoms with Crippen LogP contribution in [-0.4, -0.2) is 26.7 Å². The first-order valence-corrected chi connectivity index (χ1v) is 6.54. The van der Waals surface area contributed by atoms with E-state index in [1.807, 2.05) is 38.1 Å². The highest BCUT2D eigenvalue weighted by Crippen LogP contribution is 2.12. The third-order valence-electron chi connectivity index (χ3n) is 3.03. The SMILES string of the molecule is CC(C)[C@H](N)C(=O)Nc1cccc(Cn2cncn2)c1.Cl.Cl. The predicted molar refractivity (Wildman–Crippen MR) is 91.5 cm³/mol. The van der Waals surface area contributed by atoms with Gasteiger partial charge in [-0.25, -0.2) is 9.67 Å². The fraction of sp³-hybridized carbons (Fsp3) is 0.357. The summed E-state index contributed by atoms with van der Waals surface area (Å²) in [6, 6.07) is 7.11. The Morgan fingerprint density at radius 1 is 1.36 bits per heavy atom. The molecule has 0 aliphatic carbocycles. The molecule has 0 spiro atoms. The molecule has 0 radical (unpaired) electrons. The molecule has 0 fully saturated rings. The maximum atomic E-state index is 11.9. The van der Waals surface area contributed by atoms with Crippen molar-refractivity contribution in [3.05, 3.63) is 42.5 Å². The Hall–Kier alpha value is -1.63. The Labute approximate surface area is 142 Å². The Kier molecular flexibility index (Phi) is 8.70. The third kappa shape index (κ3) is 5.63. The quantitative estimate of drug-likeness (QED) is 0.868. The van der Waals surface area contributed by atoms with Crippen molar-refractivity contribution in [3.8, 4) is 0 Å². The second-order valence-electron chi connectivity index (χ2n) is 5.05. The van der Waals surface area contributed by atoms with Crippen LogP contribution in [0.2, 0.25) is 0 Å². The molecule has 22 heavy (non-hydrogen) atoms. The van der Waals surface area contributed by atoms with E-state index in [1.165, 1.54) is 6.33 Å². The summed E-state index contributed by atoms with van der Waals surface area (Å²) in [4.78, 5) is 15.8. The lowest BCUT2D eigenvalue weighted by atomic mass is 10.0. The molecule has 2 rings (SSSR count). The average molecular weight is 346 g/mol. The lowest BCUT2D eigenvalue weighted by molar-refractivity contribution is -0.118. The summed E-state index contributed by atoms with van der Waals surface area (Å²) in [5, 5.41) is 6.89. The normalized spacial score (nSPS) is 11.3. The van der Waals surface area contributed by atoms with E-state index in [2.05, 4.69) is 15.4 Å². The van der Waals surface area contributed by atoms with E-state index in [9.17, 15) is 4.79 Å². The predicted octanol–water partition coefficient (Wildman–Crippen LogP) is 2.09. The van der Waals surface area contributed by atoms with Crippen LogP contribution < -0.4 is 11.1 Å². The number of aromatic nitrogens is 3. The van der Waals surface area contributed by atoms with Crippen molar-refractivity contribution in [2.75, 3.05) is 5.32 Å². The summed E-state index contributed by atoms with van der Waals surface area (Å²) in [6.07, 6.45) is 3.15. The molecular formula is C14H21Cl2N5O. The van der Waals surface area contributed by atoms with Crippen LogP contribution in [0, 0.1) is 5.92 Å². The molecule has 1 heterocycles. The van der Waals surface area contributed by atoms with Crippen LogP contribution in [0.5, 0.6) is 0 Å². The number of rotatable bonds is 5. The second-order valence-corrected chi connectivity index (χ2v) is 5.05. The zero-order valence-corrected chi connectivity index (χ0v) is 14.1. The average Bonchev–Trinajstić information content (AvgIpc) is 2.91. The lowest BCUT2D eigenvalue weighted by Crippen LogP contribution is -2.39. The van der Waals surface area contributed by atoms with Crippen LogP contribution in [0.4, 0.5) is 5.69 Å². The number of nitrogens with one attached hydrogen (secondary N) is 1. The molecule has 0 unspecified atom stereocenters. The van der Waals surface area contributed by atoms with Crippen LogP contribution >= 0.6 is 24.8 Å². The van der Waals surface area contributed by atoms with Crippen molar-refractivity contribution < 1.29 is 4.79 Å². The van der Waals surface area contributed by atoms with Gasteiger partial charge in [0.2, 0.25) is 5.91 Å². The summed E-state index contributed by atoms with van der Waals surface area (Å²) in [5.74, 6) is -0.0637. The van der Waals surface area contributed by atoms with Crippen molar-refractivity contribution in [2.45, 2.75) is 26.4 Å². The Morgan fingerprint density at radius 2 is 2.09 bits per heavy atom. The molecule has 1 amide bonds. The van der Waals surface area contributed by atoms with E-state index in [0.29, 0.717) is 6.54 Å². The monoisotopic (exact) mass is 345 g/mol. The number of carbonyl (C=O) groups is 1. The van der Waals surface area contributed by atoms with Crippen molar-refractivity contribution in [2.24, 2.45) is 11.7 Å². The Balaban J connectivity index is 0.00000220. The largest absolute Gasteiger partial charge is 0.325 e. The number of nitrogens with two attached hydrogens (primary N) is 1. The molecule has 122 valence electrons. The summed E-state index contributed by atoms with van der Waals surface area (Å²) >= 11 is 0. The van der Waals surface area contributed by atoms with Gasteiger partial charge in [-0.2, -0.15) is 5.10 Å². The zero-order valence-electron chi connectivity index (χ0n) is 12.5. The second kappa shape index (κ2) is 9.40. The number of benzene rings is 1. The number of hydrogen-bond donors (Lipinski definition) is 2. The van der Waals surface area contributed by atoms with Crippen molar-refractivity contribution in [1.82, 2.24) is 14.8 Å². The highest BCUT2D eigenvalue weighted by Gasteiger charge is 2.17. The van der Waals surface area contributed by atoms with Gasteiger partial charge in [0.1, 0.15) is 12.7 Å². The molecule has 0 aliphatic rings. The molecule has 0 aliphatic heterocycles. The molecule has 0 bridgehead atoms. The summed E-state index contributed by atoms with van der Waals surface area (Å²) in [6.45, 7) is 4.46.